The Kier molecular flexibility index (Phi) is 6.00. The van der Waals surface area contributed by atoms with Crippen LogP contribution in [0.5, 0.6) is 11.5 Å². The molecule has 0 atom stereocenters. The molecule has 6 heteroatoms. The normalized spacial score (nSPS) is 15.2. The quantitative estimate of drug-likeness (QED) is 0.475. The Morgan fingerprint density at radius 1 is 0.968 bits per heavy atom. The van der Waals surface area contributed by atoms with Gasteiger partial charge in [-0.1, -0.05) is 42.5 Å². The van der Waals surface area contributed by atoms with Crippen LogP contribution in [-0.2, 0) is 4.79 Å². The fourth-order valence-electron chi connectivity index (χ4n) is 3.54. The first-order chi connectivity index (χ1) is 15.0. The lowest BCUT2D eigenvalue weighted by Gasteiger charge is -2.14. The van der Waals surface area contributed by atoms with Crippen molar-refractivity contribution in [1.29, 1.82) is 0 Å². The van der Waals surface area contributed by atoms with Gasteiger partial charge in [-0.25, -0.2) is 0 Å². The van der Waals surface area contributed by atoms with E-state index in [1.54, 1.807) is 13.2 Å². The Hall–Kier alpha value is -3.25. The van der Waals surface area contributed by atoms with Crippen molar-refractivity contribution in [1.82, 2.24) is 4.90 Å². The van der Waals surface area contributed by atoms with Crippen molar-refractivity contribution >= 4 is 39.8 Å². The fraction of sp³-hybridized carbons (Fsp3) is 0.200. The van der Waals surface area contributed by atoms with E-state index in [0.29, 0.717) is 4.91 Å². The van der Waals surface area contributed by atoms with Crippen molar-refractivity contribution < 1.29 is 19.1 Å². The Morgan fingerprint density at radius 2 is 1.74 bits per heavy atom. The third-order valence-corrected chi connectivity index (χ3v) is 6.12. The highest BCUT2D eigenvalue weighted by Crippen LogP contribution is 2.35. The van der Waals surface area contributed by atoms with E-state index in [-0.39, 0.29) is 24.3 Å². The van der Waals surface area contributed by atoms with Gasteiger partial charge >= 0.3 is 0 Å². The number of hydrogen-bond donors (Lipinski definition) is 0. The summed E-state index contributed by atoms with van der Waals surface area (Å²) in [4.78, 5) is 27.0. The lowest BCUT2D eigenvalue weighted by molar-refractivity contribution is -0.123. The minimum absolute atomic E-state index is 0.207. The van der Waals surface area contributed by atoms with Crippen LogP contribution in [0, 0.1) is 13.8 Å². The molecule has 158 valence electrons. The summed E-state index contributed by atoms with van der Waals surface area (Å²) in [5, 5.41) is 1.64. The van der Waals surface area contributed by atoms with Gasteiger partial charge in [0.15, 0.2) is 0 Å². The summed E-state index contributed by atoms with van der Waals surface area (Å²) in [6.07, 6.45) is 1.78. The van der Waals surface area contributed by atoms with Gasteiger partial charge in [0.25, 0.3) is 11.1 Å². The molecule has 31 heavy (non-hydrogen) atoms. The average Bonchev–Trinajstić information content (AvgIpc) is 3.03. The van der Waals surface area contributed by atoms with Gasteiger partial charge in [-0.15, -0.1) is 0 Å². The fourth-order valence-corrected chi connectivity index (χ4v) is 4.40. The number of ether oxygens (including phenoxy) is 2. The number of carbonyl (C=O) groups excluding carboxylic acids is 2. The molecule has 2 amide bonds. The molecule has 0 spiro atoms. The second kappa shape index (κ2) is 8.86. The summed E-state index contributed by atoms with van der Waals surface area (Å²) in [7, 11) is 1.63. The van der Waals surface area contributed by atoms with E-state index in [9.17, 15) is 9.59 Å². The number of rotatable bonds is 6. The minimum atomic E-state index is -0.292. The molecule has 5 nitrogen and oxygen atoms in total. The maximum Gasteiger partial charge on any atom is 0.293 e. The monoisotopic (exact) mass is 433 g/mol. The van der Waals surface area contributed by atoms with Crippen LogP contribution in [0.3, 0.4) is 0 Å². The Morgan fingerprint density at radius 3 is 2.52 bits per heavy atom. The summed E-state index contributed by atoms with van der Waals surface area (Å²) < 4.78 is 11.3. The van der Waals surface area contributed by atoms with Gasteiger partial charge in [0.05, 0.1) is 18.6 Å². The lowest BCUT2D eigenvalue weighted by atomic mass is 10.0. The largest absolute Gasteiger partial charge is 0.496 e. The molecule has 1 fully saturated rings. The molecule has 1 saturated heterocycles. The number of amides is 2. The van der Waals surface area contributed by atoms with Crippen LogP contribution in [0.2, 0.25) is 0 Å². The molecular formula is C25H23NO4S. The number of aryl methyl sites for hydroxylation is 2. The van der Waals surface area contributed by atoms with Gasteiger partial charge in [0.2, 0.25) is 0 Å². The van der Waals surface area contributed by atoms with E-state index in [2.05, 4.69) is 0 Å². The van der Waals surface area contributed by atoms with E-state index >= 15 is 0 Å². The van der Waals surface area contributed by atoms with Crippen LogP contribution >= 0.6 is 11.8 Å². The van der Waals surface area contributed by atoms with Crippen LogP contribution in [0.4, 0.5) is 4.79 Å². The second-order valence-corrected chi connectivity index (χ2v) is 8.35. The molecule has 0 bridgehead atoms. The maximum absolute atomic E-state index is 12.9. The van der Waals surface area contributed by atoms with E-state index in [4.69, 9.17) is 9.47 Å². The van der Waals surface area contributed by atoms with Gasteiger partial charge in [0.1, 0.15) is 18.1 Å². The summed E-state index contributed by atoms with van der Waals surface area (Å²) in [6, 6.07) is 17.6. The van der Waals surface area contributed by atoms with Gasteiger partial charge < -0.3 is 9.47 Å². The highest BCUT2D eigenvalue weighted by Gasteiger charge is 2.35. The van der Waals surface area contributed by atoms with Crippen molar-refractivity contribution in [3.8, 4) is 11.5 Å². The molecule has 1 heterocycles. The summed E-state index contributed by atoms with van der Waals surface area (Å²) in [6.45, 7) is 4.42. The first-order valence-electron chi connectivity index (χ1n) is 9.99. The zero-order valence-corrected chi connectivity index (χ0v) is 18.5. The second-order valence-electron chi connectivity index (χ2n) is 7.35. The van der Waals surface area contributed by atoms with Crippen LogP contribution < -0.4 is 9.47 Å². The molecule has 0 aliphatic carbocycles. The number of methoxy groups -OCH3 is 1. The standard InChI is InChI=1S/C25H23NO4S/c1-16-8-9-17(2)22(14-16)30-13-12-26-24(27)23(31-25(26)28)15-18-10-11-21(29-3)20-7-5-4-6-19(18)20/h4-11,14-15H,12-13H2,1-3H3/b23-15-. The molecule has 0 N–H and O–H groups in total. The van der Waals surface area contributed by atoms with Crippen molar-refractivity contribution in [3.63, 3.8) is 0 Å². The molecule has 0 aromatic heterocycles. The molecule has 3 aromatic rings. The van der Waals surface area contributed by atoms with E-state index < -0.39 is 0 Å². The summed E-state index contributed by atoms with van der Waals surface area (Å²) >= 11 is 0.959. The van der Waals surface area contributed by atoms with Crippen molar-refractivity contribution in [2.45, 2.75) is 13.8 Å². The third-order valence-electron chi connectivity index (χ3n) is 5.21. The van der Waals surface area contributed by atoms with E-state index in [0.717, 1.165) is 50.7 Å². The zero-order valence-electron chi connectivity index (χ0n) is 17.7. The van der Waals surface area contributed by atoms with Crippen LogP contribution in [0.1, 0.15) is 16.7 Å². The van der Waals surface area contributed by atoms with Crippen molar-refractivity contribution in [2.24, 2.45) is 0 Å². The number of thioether (sulfide) groups is 1. The van der Waals surface area contributed by atoms with Crippen LogP contribution in [0.25, 0.3) is 16.8 Å². The van der Waals surface area contributed by atoms with Gasteiger partial charge in [-0.3, -0.25) is 14.5 Å². The smallest absolute Gasteiger partial charge is 0.293 e. The number of benzene rings is 3. The minimum Gasteiger partial charge on any atom is -0.496 e. The van der Waals surface area contributed by atoms with Gasteiger partial charge in [0, 0.05) is 5.39 Å². The van der Waals surface area contributed by atoms with Gasteiger partial charge in [-0.2, -0.15) is 0 Å². The van der Waals surface area contributed by atoms with Crippen molar-refractivity contribution in [2.75, 3.05) is 20.3 Å². The number of imide groups is 1. The molecule has 0 saturated carbocycles. The highest BCUT2D eigenvalue weighted by molar-refractivity contribution is 8.18. The molecule has 1 aliphatic heterocycles. The molecule has 4 rings (SSSR count). The summed E-state index contributed by atoms with van der Waals surface area (Å²) in [5.41, 5.74) is 2.99. The van der Waals surface area contributed by atoms with Crippen LogP contribution in [0.15, 0.2) is 59.5 Å². The Balaban J connectivity index is 1.51. The van der Waals surface area contributed by atoms with Gasteiger partial charge in [-0.05, 0) is 65.9 Å². The highest BCUT2D eigenvalue weighted by atomic mass is 32.2. The third kappa shape index (κ3) is 4.30. The lowest BCUT2D eigenvalue weighted by Crippen LogP contribution is -2.32. The first kappa shape index (κ1) is 21.0. The van der Waals surface area contributed by atoms with Crippen LogP contribution in [-0.4, -0.2) is 36.3 Å². The first-order valence-corrected chi connectivity index (χ1v) is 10.8. The molecule has 3 aromatic carbocycles. The number of fused-ring (bicyclic) bond motifs is 1. The summed E-state index contributed by atoms with van der Waals surface area (Å²) in [5.74, 6) is 1.25. The molecular weight excluding hydrogens is 410 g/mol. The number of carbonyl (C=O) groups is 2. The number of nitrogens with zero attached hydrogens (tertiary/aromatic N) is 1. The topological polar surface area (TPSA) is 55.8 Å². The SMILES string of the molecule is COc1ccc(/C=C2\SC(=O)N(CCOc3cc(C)ccc3C)C2=O)c2ccccc12. The van der Waals surface area contributed by atoms with Crippen molar-refractivity contribution in [3.05, 3.63) is 76.2 Å². The Labute approximate surface area is 185 Å². The predicted molar refractivity (Wildman–Crippen MR) is 125 cm³/mol. The Bertz CT molecular complexity index is 1200. The number of hydrogen-bond acceptors (Lipinski definition) is 5. The van der Waals surface area contributed by atoms with E-state index in [1.165, 1.54) is 4.90 Å². The predicted octanol–water partition coefficient (Wildman–Crippen LogP) is 5.58. The average molecular weight is 434 g/mol. The molecule has 0 unspecified atom stereocenters. The molecule has 0 radical (unpaired) electrons. The molecule has 1 aliphatic rings. The van der Waals surface area contributed by atoms with E-state index in [1.807, 2.05) is 68.4 Å². The zero-order chi connectivity index (χ0) is 22.0. The maximum atomic E-state index is 12.9.